The Kier molecular flexibility index (Phi) is 10.8. The molecule has 8 nitrogen and oxygen atoms in total. The number of anilines is 2. The van der Waals surface area contributed by atoms with E-state index in [9.17, 15) is 9.59 Å². The lowest BCUT2D eigenvalue weighted by Gasteiger charge is -2.39. The number of para-hydroxylation sites is 1. The Bertz CT molecular complexity index is 1320. The molecule has 1 unspecified atom stereocenters. The Balaban J connectivity index is 1.55. The summed E-state index contributed by atoms with van der Waals surface area (Å²) in [5.41, 5.74) is 12.9. The highest BCUT2D eigenvalue weighted by Gasteiger charge is 2.35. The average molecular weight is 572 g/mol. The van der Waals surface area contributed by atoms with Gasteiger partial charge in [0.1, 0.15) is 0 Å². The molecule has 0 bridgehead atoms. The summed E-state index contributed by atoms with van der Waals surface area (Å²) >= 11 is 0. The molecule has 5 N–H and O–H groups in total. The van der Waals surface area contributed by atoms with Crippen LogP contribution in [0.25, 0.3) is 0 Å². The zero-order valence-corrected chi connectivity index (χ0v) is 25.6. The molecule has 8 heteroatoms. The number of nitrogens with zero attached hydrogens (tertiary/aromatic N) is 3. The maximum atomic E-state index is 14.3. The first-order valence-electron chi connectivity index (χ1n) is 15.2. The quantitative estimate of drug-likeness (QED) is 0.402. The van der Waals surface area contributed by atoms with Gasteiger partial charge in [0, 0.05) is 55.7 Å². The summed E-state index contributed by atoms with van der Waals surface area (Å²) in [6.45, 7) is 11.4. The number of hydrogen-bond donors (Lipinski definition) is 3. The van der Waals surface area contributed by atoms with E-state index in [2.05, 4.69) is 35.4 Å². The van der Waals surface area contributed by atoms with Crippen molar-refractivity contribution in [3.05, 3.63) is 95.0 Å². The normalized spacial score (nSPS) is 20.6. The molecule has 3 amide bonds. The first-order valence-corrected chi connectivity index (χ1v) is 15.2. The molecule has 2 aliphatic heterocycles. The van der Waals surface area contributed by atoms with Gasteiger partial charge in [0.05, 0.1) is 12.2 Å². The van der Waals surface area contributed by atoms with Gasteiger partial charge < -0.3 is 31.1 Å². The van der Waals surface area contributed by atoms with Crippen LogP contribution in [0.2, 0.25) is 0 Å². The van der Waals surface area contributed by atoms with Crippen LogP contribution >= 0.6 is 0 Å². The summed E-state index contributed by atoms with van der Waals surface area (Å²) in [4.78, 5) is 33.6. The molecule has 1 saturated heterocycles. The van der Waals surface area contributed by atoms with Gasteiger partial charge in [0.15, 0.2) is 0 Å². The molecule has 4 rings (SSSR count). The van der Waals surface area contributed by atoms with Crippen LogP contribution in [0.5, 0.6) is 0 Å². The van der Waals surface area contributed by atoms with Crippen molar-refractivity contribution >= 4 is 23.3 Å². The van der Waals surface area contributed by atoms with E-state index in [0.717, 1.165) is 58.9 Å². The van der Waals surface area contributed by atoms with E-state index in [1.807, 2.05) is 84.3 Å². The molecule has 0 radical (unpaired) electrons. The van der Waals surface area contributed by atoms with Crippen LogP contribution in [0.4, 0.5) is 16.2 Å². The fraction of sp³-hybridized carbons (Fsp3) is 0.412. The number of hydrogen-bond acceptors (Lipinski definition) is 4. The van der Waals surface area contributed by atoms with E-state index in [1.165, 1.54) is 0 Å². The van der Waals surface area contributed by atoms with Gasteiger partial charge in [-0.3, -0.25) is 4.79 Å². The molecule has 224 valence electrons. The third kappa shape index (κ3) is 7.62. The van der Waals surface area contributed by atoms with E-state index < -0.39 is 0 Å². The van der Waals surface area contributed by atoms with Gasteiger partial charge in [-0.1, -0.05) is 42.5 Å². The maximum Gasteiger partial charge on any atom is 0.321 e. The Morgan fingerprint density at radius 3 is 2.52 bits per heavy atom. The maximum absolute atomic E-state index is 14.3. The topological polar surface area (TPSA) is 98.5 Å². The van der Waals surface area contributed by atoms with Crippen molar-refractivity contribution in [3.63, 3.8) is 0 Å². The Hall–Kier alpha value is -4.04. The van der Waals surface area contributed by atoms with Crippen molar-refractivity contribution in [2.75, 3.05) is 42.9 Å². The number of allylic oxidation sites excluding steroid dienone is 4. The molecule has 2 heterocycles. The van der Waals surface area contributed by atoms with Crippen molar-refractivity contribution in [1.82, 2.24) is 9.80 Å². The van der Waals surface area contributed by atoms with E-state index in [0.29, 0.717) is 39.1 Å². The molecule has 1 atom stereocenters. The van der Waals surface area contributed by atoms with E-state index in [-0.39, 0.29) is 18.0 Å². The van der Waals surface area contributed by atoms with Gasteiger partial charge in [-0.25, -0.2) is 4.79 Å². The highest BCUT2D eigenvalue weighted by molar-refractivity contribution is 6.04. The molecule has 0 aliphatic carbocycles. The van der Waals surface area contributed by atoms with Crippen LogP contribution in [0.3, 0.4) is 0 Å². The van der Waals surface area contributed by atoms with Crippen molar-refractivity contribution < 1.29 is 14.9 Å². The van der Waals surface area contributed by atoms with Crippen LogP contribution in [0, 0.1) is 13.8 Å². The van der Waals surface area contributed by atoms with Crippen molar-refractivity contribution in [2.45, 2.75) is 59.4 Å². The molecular formula is C34H47N6O2+. The van der Waals surface area contributed by atoms with Crippen LogP contribution in [0.15, 0.2) is 83.9 Å². The fourth-order valence-electron chi connectivity index (χ4n) is 5.72. The first-order chi connectivity index (χ1) is 20.3. The van der Waals surface area contributed by atoms with E-state index >= 15 is 0 Å². The van der Waals surface area contributed by atoms with Gasteiger partial charge in [-0.15, -0.1) is 0 Å². The SMILES string of the molecule is C/C=C\C=C(/N)CC[NH2+]/C1=C(\N2CCN(C(=O)Nc3cccc(C)c3C)CC2)CCCC(C)N(c2ccccc2)C1=O. The predicted molar refractivity (Wildman–Crippen MR) is 171 cm³/mol. The van der Waals surface area contributed by atoms with Crippen molar-refractivity contribution in [2.24, 2.45) is 5.73 Å². The van der Waals surface area contributed by atoms with Crippen LogP contribution in [-0.2, 0) is 4.79 Å². The number of amides is 3. The number of piperazine rings is 1. The predicted octanol–water partition coefficient (Wildman–Crippen LogP) is 4.64. The number of carbonyl (C=O) groups excluding carboxylic acids is 2. The van der Waals surface area contributed by atoms with Gasteiger partial charge in [0.25, 0.3) is 0 Å². The van der Waals surface area contributed by atoms with Crippen LogP contribution < -0.4 is 21.3 Å². The lowest BCUT2D eigenvalue weighted by Crippen LogP contribution is -2.85. The minimum atomic E-state index is -0.0784. The van der Waals surface area contributed by atoms with Crippen molar-refractivity contribution in [3.8, 4) is 0 Å². The lowest BCUT2D eigenvalue weighted by atomic mass is 10.0. The molecule has 42 heavy (non-hydrogen) atoms. The Labute approximate surface area is 250 Å². The fourth-order valence-corrected chi connectivity index (χ4v) is 5.72. The Morgan fingerprint density at radius 1 is 1.07 bits per heavy atom. The number of nitrogens with two attached hydrogens (primary N) is 2. The zero-order valence-electron chi connectivity index (χ0n) is 25.6. The number of aryl methyl sites for hydroxylation is 1. The second kappa shape index (κ2) is 14.7. The number of nitrogens with one attached hydrogen (secondary N) is 1. The van der Waals surface area contributed by atoms with Gasteiger partial charge >= 0.3 is 11.9 Å². The van der Waals surface area contributed by atoms with Crippen LogP contribution in [0.1, 0.15) is 50.7 Å². The highest BCUT2D eigenvalue weighted by atomic mass is 16.2. The third-order valence-electron chi connectivity index (χ3n) is 8.35. The van der Waals surface area contributed by atoms with E-state index in [4.69, 9.17) is 5.73 Å². The zero-order chi connectivity index (χ0) is 30.1. The third-order valence-corrected chi connectivity index (χ3v) is 8.35. The summed E-state index contributed by atoms with van der Waals surface area (Å²) in [5, 5.41) is 5.18. The highest BCUT2D eigenvalue weighted by Crippen LogP contribution is 2.28. The van der Waals surface area contributed by atoms with Gasteiger partial charge in [-0.2, -0.15) is 0 Å². The molecule has 1 fully saturated rings. The first kappa shape index (κ1) is 30.9. The minimum Gasteiger partial charge on any atom is -0.402 e. The molecule has 2 aliphatic rings. The molecular weight excluding hydrogens is 524 g/mol. The Morgan fingerprint density at radius 2 is 1.81 bits per heavy atom. The molecule has 0 aromatic heterocycles. The summed E-state index contributed by atoms with van der Waals surface area (Å²) in [6, 6.07) is 16.0. The lowest BCUT2D eigenvalue weighted by molar-refractivity contribution is -0.601. The molecule has 0 saturated carbocycles. The van der Waals surface area contributed by atoms with Crippen molar-refractivity contribution in [1.29, 1.82) is 0 Å². The summed E-state index contributed by atoms with van der Waals surface area (Å²) in [5.74, 6) is 0.0366. The minimum absolute atomic E-state index is 0.0366. The van der Waals surface area contributed by atoms with Gasteiger partial charge in [0.2, 0.25) is 5.70 Å². The monoisotopic (exact) mass is 571 g/mol. The second-order valence-electron chi connectivity index (χ2n) is 11.3. The summed E-state index contributed by atoms with van der Waals surface area (Å²) in [6.07, 6.45) is 9.25. The number of urea groups is 1. The standard InChI is InChI=1S/C34H46N6O2/c1-5-6-14-28(35)19-20-36-32-31(18-11-13-26(3)40(33(32)41)29-15-8-7-9-16-29)38-21-23-39(24-22-38)34(42)37-30-17-10-12-25(2)27(30)4/h5-10,12,14-17,26,36H,11,13,18-24,35H2,1-4H3,(H,37,42)/p+1/b6-5-,28-14-,32-31-. The number of benzene rings is 2. The molecule has 2 aromatic rings. The summed E-state index contributed by atoms with van der Waals surface area (Å²) in [7, 11) is 0. The second-order valence-corrected chi connectivity index (χ2v) is 11.3. The number of quaternary nitrogens is 1. The summed E-state index contributed by atoms with van der Waals surface area (Å²) < 4.78 is 0. The molecule has 2 aromatic carbocycles. The molecule has 0 spiro atoms. The average Bonchev–Trinajstić information content (AvgIpc) is 2.99. The number of rotatable bonds is 8. The van der Waals surface area contributed by atoms with Crippen LogP contribution in [-0.4, -0.2) is 60.5 Å². The smallest absolute Gasteiger partial charge is 0.321 e. The largest absolute Gasteiger partial charge is 0.402 e. The van der Waals surface area contributed by atoms with Gasteiger partial charge in [-0.05, 0) is 82.4 Å². The van der Waals surface area contributed by atoms with E-state index in [1.54, 1.807) is 0 Å². The number of carbonyl (C=O) groups is 2.